The van der Waals surface area contributed by atoms with Crippen LogP contribution in [0.15, 0.2) is 156 Å². The van der Waals surface area contributed by atoms with E-state index in [0.29, 0.717) is 0 Å². The summed E-state index contributed by atoms with van der Waals surface area (Å²) in [7, 11) is 0. The van der Waals surface area contributed by atoms with E-state index in [0.717, 1.165) is 4.47 Å². The Bertz CT molecular complexity index is 2500. The number of rotatable bonds is 4. The Morgan fingerprint density at radius 3 is 1.43 bits per heavy atom. The minimum atomic E-state index is 1.11. The number of hydrogen-bond acceptors (Lipinski definition) is 1. The van der Waals surface area contributed by atoms with Crippen molar-refractivity contribution in [1.82, 2.24) is 9.13 Å². The first-order valence-corrected chi connectivity index (χ1v) is 16.3. The van der Waals surface area contributed by atoms with Crippen molar-refractivity contribution in [3.63, 3.8) is 0 Å². The molecule has 9 rings (SSSR count). The molecule has 0 bridgehead atoms. The van der Waals surface area contributed by atoms with E-state index in [2.05, 4.69) is 177 Å². The van der Waals surface area contributed by atoms with Crippen LogP contribution >= 0.6 is 27.3 Å². The molecule has 0 spiro atoms. The lowest BCUT2D eigenvalue weighted by Crippen LogP contribution is -1.93. The van der Waals surface area contributed by atoms with Crippen LogP contribution in [-0.4, -0.2) is 9.13 Å². The average Bonchev–Trinajstić information content (AvgIpc) is 3.74. The summed E-state index contributed by atoms with van der Waals surface area (Å²) in [5.41, 5.74) is 9.64. The van der Waals surface area contributed by atoms with Crippen molar-refractivity contribution < 1.29 is 0 Å². The Balaban J connectivity index is 1.21. The van der Waals surface area contributed by atoms with Gasteiger partial charge in [0.15, 0.2) is 0 Å². The largest absolute Gasteiger partial charge is 0.309 e. The minimum Gasteiger partial charge on any atom is -0.309 e. The maximum atomic E-state index is 3.94. The first-order valence-electron chi connectivity index (χ1n) is 14.7. The van der Waals surface area contributed by atoms with Crippen molar-refractivity contribution in [2.24, 2.45) is 0 Å². The van der Waals surface area contributed by atoms with Gasteiger partial charge in [-0.15, -0.1) is 11.3 Å². The molecule has 3 aromatic heterocycles. The van der Waals surface area contributed by atoms with E-state index in [1.54, 1.807) is 0 Å². The van der Waals surface area contributed by atoms with Crippen LogP contribution in [0.25, 0.3) is 75.9 Å². The van der Waals surface area contributed by atoms with Gasteiger partial charge in [-0.05, 0) is 81.7 Å². The molecule has 0 amide bonds. The van der Waals surface area contributed by atoms with Crippen LogP contribution in [0.5, 0.6) is 0 Å². The van der Waals surface area contributed by atoms with E-state index in [-0.39, 0.29) is 0 Å². The lowest BCUT2D eigenvalue weighted by atomic mass is 10.1. The molecule has 2 nitrogen and oxygen atoms in total. The first-order chi connectivity index (χ1) is 21.7. The molecular weight excluding hydrogens is 620 g/mol. The van der Waals surface area contributed by atoms with Gasteiger partial charge in [-0.25, -0.2) is 0 Å². The van der Waals surface area contributed by atoms with Crippen LogP contribution in [0.3, 0.4) is 0 Å². The van der Waals surface area contributed by atoms with Gasteiger partial charge in [-0.2, -0.15) is 0 Å². The fraction of sp³-hybridized carbons (Fsp3) is 0. The summed E-state index contributed by atoms with van der Waals surface area (Å²) in [6, 6.07) is 54.7. The normalized spacial score (nSPS) is 11.8. The first kappa shape index (κ1) is 25.6. The van der Waals surface area contributed by atoms with Gasteiger partial charge in [0.05, 0.1) is 22.1 Å². The molecule has 3 heterocycles. The lowest BCUT2D eigenvalue weighted by molar-refractivity contribution is 1.18. The molecule has 0 aliphatic rings. The molecule has 0 unspecified atom stereocenters. The third kappa shape index (κ3) is 3.92. The highest BCUT2D eigenvalue weighted by atomic mass is 79.9. The van der Waals surface area contributed by atoms with E-state index in [9.17, 15) is 0 Å². The summed E-state index contributed by atoms with van der Waals surface area (Å²) < 4.78 is 5.88. The van der Waals surface area contributed by atoms with E-state index < -0.39 is 0 Å². The van der Waals surface area contributed by atoms with Crippen molar-refractivity contribution >= 4 is 70.9 Å². The zero-order chi connectivity index (χ0) is 29.2. The van der Waals surface area contributed by atoms with Gasteiger partial charge >= 0.3 is 0 Å². The Hall–Kier alpha value is -4.90. The van der Waals surface area contributed by atoms with Crippen molar-refractivity contribution in [3.05, 3.63) is 156 Å². The highest BCUT2D eigenvalue weighted by molar-refractivity contribution is 9.10. The number of halogens is 1. The predicted molar refractivity (Wildman–Crippen MR) is 192 cm³/mol. The summed E-state index contributed by atoms with van der Waals surface area (Å²) in [6.07, 6.45) is 0. The fourth-order valence-corrected chi connectivity index (χ4v) is 8.55. The number of fused-ring (bicyclic) bond motifs is 6. The SMILES string of the molecule is Brc1cc(-c2ccc3c4ccccc4n(-c4ccccc4)c3c2)sc1-c1ccc2c3ccccc3n(-c3ccccc3)c2c1. The smallest absolute Gasteiger partial charge is 0.0547 e. The van der Waals surface area contributed by atoms with E-state index in [4.69, 9.17) is 0 Å². The van der Waals surface area contributed by atoms with E-state index >= 15 is 0 Å². The van der Waals surface area contributed by atoms with Crippen LogP contribution < -0.4 is 0 Å². The summed E-state index contributed by atoms with van der Waals surface area (Å²) in [5.74, 6) is 0. The number of benzene rings is 6. The maximum absolute atomic E-state index is 3.94. The van der Waals surface area contributed by atoms with Crippen LogP contribution in [0.2, 0.25) is 0 Å². The average molecular weight is 646 g/mol. The van der Waals surface area contributed by atoms with Gasteiger partial charge in [0.1, 0.15) is 0 Å². The van der Waals surface area contributed by atoms with Crippen molar-refractivity contribution in [2.75, 3.05) is 0 Å². The highest BCUT2D eigenvalue weighted by Gasteiger charge is 2.18. The summed E-state index contributed by atoms with van der Waals surface area (Å²) in [5, 5.41) is 5.07. The molecule has 9 aromatic rings. The second-order valence-corrected chi connectivity index (χ2v) is 13.0. The minimum absolute atomic E-state index is 1.11. The summed E-state index contributed by atoms with van der Waals surface area (Å²) in [6.45, 7) is 0. The van der Waals surface area contributed by atoms with Crippen LogP contribution in [0, 0.1) is 0 Å². The molecule has 0 N–H and O–H groups in total. The standard InChI is InChI=1S/C40H25BrN2S/c41-34-25-39(26-19-21-32-30-15-7-9-17-35(30)42(37(32)23-26)28-11-3-1-4-12-28)44-40(34)27-20-22-33-31-16-8-10-18-36(31)43(38(33)24-27)29-13-5-2-6-14-29/h1-25H. The van der Waals surface area contributed by atoms with E-state index in [1.807, 2.05) is 11.3 Å². The highest BCUT2D eigenvalue weighted by Crippen LogP contribution is 2.44. The third-order valence-electron chi connectivity index (χ3n) is 8.61. The molecule has 0 saturated carbocycles. The van der Waals surface area contributed by atoms with Crippen molar-refractivity contribution in [1.29, 1.82) is 0 Å². The molecule has 0 atom stereocenters. The van der Waals surface area contributed by atoms with E-state index in [1.165, 1.54) is 75.9 Å². The van der Waals surface area contributed by atoms with Gasteiger partial charge in [-0.3, -0.25) is 0 Å². The molecular formula is C40H25BrN2S. The molecule has 0 radical (unpaired) electrons. The topological polar surface area (TPSA) is 9.86 Å². The summed E-state index contributed by atoms with van der Waals surface area (Å²) in [4.78, 5) is 2.47. The Labute approximate surface area is 267 Å². The van der Waals surface area contributed by atoms with Crippen molar-refractivity contribution in [2.45, 2.75) is 0 Å². The Kier molecular flexibility index (Phi) is 5.87. The van der Waals surface area contributed by atoms with Crippen LogP contribution in [-0.2, 0) is 0 Å². The zero-order valence-electron chi connectivity index (χ0n) is 23.6. The number of thiophene rings is 1. The molecule has 208 valence electrons. The van der Waals surface area contributed by atoms with Crippen LogP contribution in [0.4, 0.5) is 0 Å². The monoisotopic (exact) mass is 644 g/mol. The lowest BCUT2D eigenvalue weighted by Gasteiger charge is -2.08. The molecule has 0 fully saturated rings. The number of aromatic nitrogens is 2. The Morgan fingerprint density at radius 2 is 0.864 bits per heavy atom. The maximum Gasteiger partial charge on any atom is 0.0547 e. The van der Waals surface area contributed by atoms with Gasteiger partial charge in [0, 0.05) is 47.1 Å². The Morgan fingerprint density at radius 1 is 0.409 bits per heavy atom. The molecule has 4 heteroatoms. The van der Waals surface area contributed by atoms with Gasteiger partial charge in [0.25, 0.3) is 0 Å². The second kappa shape index (κ2) is 10.1. The number of hydrogen-bond donors (Lipinski definition) is 0. The number of para-hydroxylation sites is 4. The molecule has 0 aliphatic carbocycles. The van der Waals surface area contributed by atoms with Crippen LogP contribution in [0.1, 0.15) is 0 Å². The van der Waals surface area contributed by atoms with Crippen molar-refractivity contribution in [3.8, 4) is 32.3 Å². The van der Waals surface area contributed by atoms with Gasteiger partial charge in [-0.1, -0.05) is 97.1 Å². The molecule has 6 aromatic carbocycles. The molecule has 0 aliphatic heterocycles. The number of nitrogens with zero attached hydrogens (tertiary/aromatic N) is 2. The summed E-state index contributed by atoms with van der Waals surface area (Å²) >= 11 is 5.78. The zero-order valence-corrected chi connectivity index (χ0v) is 26.0. The van der Waals surface area contributed by atoms with Gasteiger partial charge < -0.3 is 9.13 Å². The fourth-order valence-electron chi connectivity index (χ4n) is 6.65. The molecule has 44 heavy (non-hydrogen) atoms. The van der Waals surface area contributed by atoms with Gasteiger partial charge in [0.2, 0.25) is 0 Å². The quantitative estimate of drug-likeness (QED) is 0.180. The second-order valence-electron chi connectivity index (χ2n) is 11.1. The molecule has 0 saturated heterocycles. The third-order valence-corrected chi connectivity index (χ3v) is 10.7. The predicted octanol–water partition coefficient (Wildman–Crippen LogP) is 12.0.